The summed E-state index contributed by atoms with van der Waals surface area (Å²) in [6, 6.07) is 6.15. The first kappa shape index (κ1) is 14.3. The maximum Gasteiger partial charge on any atom is 0.284 e. The number of aryl methyl sites for hydroxylation is 2. The van der Waals surface area contributed by atoms with E-state index in [0.717, 1.165) is 23.1 Å². The number of hydrogen-bond acceptors (Lipinski definition) is 4. The van der Waals surface area contributed by atoms with Gasteiger partial charge in [0.05, 0.1) is 11.1 Å². The van der Waals surface area contributed by atoms with E-state index in [2.05, 4.69) is 45.2 Å². The number of ether oxygens (including phenoxy) is 1. The first-order valence-electron chi connectivity index (χ1n) is 6.14. The lowest BCUT2D eigenvalue weighted by molar-refractivity contribution is 0.303. The molecule has 0 spiro atoms. The van der Waals surface area contributed by atoms with E-state index in [1.807, 2.05) is 6.07 Å². The van der Waals surface area contributed by atoms with Crippen molar-refractivity contribution in [2.45, 2.75) is 26.2 Å². The van der Waals surface area contributed by atoms with Crippen molar-refractivity contribution in [1.29, 1.82) is 0 Å². The molecule has 0 radical (unpaired) electrons. The lowest BCUT2D eigenvalue weighted by atomic mass is 10.2. The van der Waals surface area contributed by atoms with Crippen LogP contribution in [0.15, 0.2) is 27.1 Å². The normalized spacial score (nSPS) is 10.6. The molecule has 0 aliphatic carbocycles. The van der Waals surface area contributed by atoms with E-state index in [-0.39, 0.29) is 0 Å². The van der Waals surface area contributed by atoms with Crippen LogP contribution in [0.3, 0.4) is 0 Å². The van der Waals surface area contributed by atoms with Crippen LogP contribution in [0.4, 0.5) is 0 Å². The van der Waals surface area contributed by atoms with Crippen LogP contribution in [0, 0.1) is 4.84 Å². The average molecular weight is 343 g/mol. The van der Waals surface area contributed by atoms with Gasteiger partial charge >= 0.3 is 0 Å². The Morgan fingerprint density at radius 2 is 2.32 bits per heavy atom. The molecule has 0 fully saturated rings. The van der Waals surface area contributed by atoms with E-state index in [1.165, 1.54) is 5.56 Å². The molecule has 1 N–H and O–H groups in total. The van der Waals surface area contributed by atoms with E-state index in [9.17, 15) is 0 Å². The van der Waals surface area contributed by atoms with Crippen molar-refractivity contribution < 1.29 is 9.15 Å². The molecule has 0 aliphatic heterocycles. The van der Waals surface area contributed by atoms with Gasteiger partial charge in [0.1, 0.15) is 5.75 Å². The third-order valence-electron chi connectivity index (χ3n) is 2.68. The predicted octanol–water partition coefficient (Wildman–Crippen LogP) is 4.07. The number of rotatable bonds is 6. The van der Waals surface area contributed by atoms with E-state index < -0.39 is 0 Å². The maximum absolute atomic E-state index is 5.71. The first-order valence-corrected chi connectivity index (χ1v) is 7.34. The average Bonchev–Trinajstić information content (AvgIpc) is 2.82. The number of halogens is 1. The second kappa shape index (κ2) is 6.86. The molecule has 1 aromatic heterocycles. The quantitative estimate of drug-likeness (QED) is 0.635. The van der Waals surface area contributed by atoms with Gasteiger partial charge < -0.3 is 9.15 Å². The summed E-state index contributed by atoms with van der Waals surface area (Å²) in [6.07, 6.45) is 2.55. The number of aromatic amines is 1. The summed E-state index contributed by atoms with van der Waals surface area (Å²) in [7, 11) is 0. The minimum atomic E-state index is 0.314. The number of aromatic nitrogens is 2. The Labute approximate surface area is 125 Å². The third-order valence-corrected chi connectivity index (χ3v) is 3.47. The second-order valence-electron chi connectivity index (χ2n) is 4.08. The summed E-state index contributed by atoms with van der Waals surface area (Å²) in [6.45, 7) is 2.74. The topological polar surface area (TPSA) is 51.0 Å². The molecule has 6 heteroatoms. The van der Waals surface area contributed by atoms with Crippen LogP contribution in [-0.4, -0.2) is 16.8 Å². The van der Waals surface area contributed by atoms with E-state index in [4.69, 9.17) is 21.4 Å². The van der Waals surface area contributed by atoms with Crippen LogP contribution in [-0.2, 0) is 12.8 Å². The Morgan fingerprint density at radius 1 is 1.47 bits per heavy atom. The van der Waals surface area contributed by atoms with Gasteiger partial charge in [0, 0.05) is 6.42 Å². The predicted molar refractivity (Wildman–Crippen MR) is 79.0 cm³/mol. The van der Waals surface area contributed by atoms with Gasteiger partial charge in [-0.1, -0.05) is 13.0 Å². The molecule has 1 heterocycles. The molecular formula is C13H15BrN2O2S. The largest absolute Gasteiger partial charge is 0.492 e. The monoisotopic (exact) mass is 342 g/mol. The van der Waals surface area contributed by atoms with Crippen molar-refractivity contribution in [3.05, 3.63) is 39.0 Å². The molecule has 0 aliphatic rings. The van der Waals surface area contributed by atoms with Crippen molar-refractivity contribution in [1.82, 2.24) is 10.2 Å². The maximum atomic E-state index is 5.71. The van der Waals surface area contributed by atoms with Crippen molar-refractivity contribution in [2.24, 2.45) is 0 Å². The highest BCUT2D eigenvalue weighted by atomic mass is 79.9. The van der Waals surface area contributed by atoms with Gasteiger partial charge in [-0.15, -0.1) is 5.10 Å². The van der Waals surface area contributed by atoms with Crippen molar-refractivity contribution in [3.8, 4) is 5.75 Å². The molecule has 1 aromatic carbocycles. The van der Waals surface area contributed by atoms with Gasteiger partial charge in [-0.3, -0.25) is 0 Å². The molecule has 2 rings (SSSR count). The van der Waals surface area contributed by atoms with E-state index in [1.54, 1.807) is 0 Å². The highest BCUT2D eigenvalue weighted by molar-refractivity contribution is 9.10. The lowest BCUT2D eigenvalue weighted by Crippen LogP contribution is -2.00. The Balaban J connectivity index is 1.81. The molecule has 0 bridgehead atoms. The fourth-order valence-electron chi connectivity index (χ4n) is 1.65. The summed E-state index contributed by atoms with van der Waals surface area (Å²) in [5, 5.41) is 6.54. The van der Waals surface area contributed by atoms with Gasteiger partial charge in [-0.05, 0) is 58.7 Å². The molecule has 0 saturated carbocycles. The molecule has 102 valence electrons. The van der Waals surface area contributed by atoms with Crippen molar-refractivity contribution >= 4 is 28.1 Å². The third kappa shape index (κ3) is 4.18. The van der Waals surface area contributed by atoms with E-state index in [0.29, 0.717) is 23.8 Å². The van der Waals surface area contributed by atoms with Crippen LogP contribution in [0.5, 0.6) is 5.75 Å². The molecule has 0 atom stereocenters. The highest BCUT2D eigenvalue weighted by Crippen LogP contribution is 2.26. The summed E-state index contributed by atoms with van der Waals surface area (Å²) in [5.74, 6) is 1.48. The number of benzene rings is 1. The summed E-state index contributed by atoms with van der Waals surface area (Å²) in [5.41, 5.74) is 1.28. The number of nitrogens with zero attached hydrogens (tertiary/aromatic N) is 1. The minimum absolute atomic E-state index is 0.314. The van der Waals surface area contributed by atoms with Gasteiger partial charge in [0.25, 0.3) is 4.84 Å². The van der Waals surface area contributed by atoms with Crippen LogP contribution in [0.1, 0.15) is 24.8 Å². The molecule has 0 saturated heterocycles. The van der Waals surface area contributed by atoms with Gasteiger partial charge in [-0.2, -0.15) is 0 Å². The first-order chi connectivity index (χ1) is 9.19. The molecule has 4 nitrogen and oxygen atoms in total. The van der Waals surface area contributed by atoms with Gasteiger partial charge in [0.15, 0.2) is 0 Å². The molecule has 19 heavy (non-hydrogen) atoms. The van der Waals surface area contributed by atoms with Gasteiger partial charge in [0.2, 0.25) is 5.89 Å². The fourth-order valence-corrected chi connectivity index (χ4v) is 2.34. The fraction of sp³-hybridized carbons (Fsp3) is 0.385. The van der Waals surface area contributed by atoms with Gasteiger partial charge in [-0.25, -0.2) is 5.10 Å². The molecular weight excluding hydrogens is 328 g/mol. The highest BCUT2D eigenvalue weighted by Gasteiger charge is 2.03. The van der Waals surface area contributed by atoms with Crippen LogP contribution >= 0.6 is 28.1 Å². The van der Waals surface area contributed by atoms with Crippen LogP contribution in [0.2, 0.25) is 0 Å². The SMILES string of the molecule is CCc1ccc(OCCCc2n[nH]c(=S)o2)c(Br)c1. The Kier molecular flexibility index (Phi) is 5.15. The zero-order valence-electron chi connectivity index (χ0n) is 10.6. The number of H-pyrrole nitrogens is 1. The number of nitrogens with one attached hydrogen (secondary N) is 1. The van der Waals surface area contributed by atoms with Crippen molar-refractivity contribution in [2.75, 3.05) is 6.61 Å². The smallest absolute Gasteiger partial charge is 0.284 e. The zero-order chi connectivity index (χ0) is 13.7. The Bertz CT molecular complexity index is 594. The standard InChI is InChI=1S/C13H15BrN2O2S/c1-2-9-5-6-11(10(14)8-9)17-7-3-4-12-15-16-13(19)18-12/h5-6,8H,2-4,7H2,1H3,(H,16,19). The Morgan fingerprint density at radius 3 is 2.95 bits per heavy atom. The zero-order valence-corrected chi connectivity index (χ0v) is 13.0. The second-order valence-corrected chi connectivity index (χ2v) is 5.30. The van der Waals surface area contributed by atoms with Crippen LogP contribution in [0.25, 0.3) is 0 Å². The summed E-state index contributed by atoms with van der Waals surface area (Å²) >= 11 is 8.32. The molecule has 0 amide bonds. The van der Waals surface area contributed by atoms with Crippen LogP contribution < -0.4 is 4.74 Å². The minimum Gasteiger partial charge on any atom is -0.492 e. The Hall–Kier alpha value is -1.14. The van der Waals surface area contributed by atoms with Crippen molar-refractivity contribution in [3.63, 3.8) is 0 Å². The lowest BCUT2D eigenvalue weighted by Gasteiger charge is -2.08. The van der Waals surface area contributed by atoms with E-state index >= 15 is 0 Å². The summed E-state index contributed by atoms with van der Waals surface area (Å²) < 4.78 is 11.9. The molecule has 2 aromatic rings. The molecule has 0 unspecified atom stereocenters. The number of hydrogen-bond donors (Lipinski definition) is 1. The summed E-state index contributed by atoms with van der Waals surface area (Å²) in [4.78, 5) is 0.314.